The van der Waals surface area contributed by atoms with E-state index in [4.69, 9.17) is 5.73 Å². The fourth-order valence-corrected chi connectivity index (χ4v) is 1.47. The number of carbonyl (C=O) groups excluding carboxylic acids is 2. The lowest BCUT2D eigenvalue weighted by Crippen LogP contribution is -2.49. The SMILES string of the molecule is CC(C)[C@H](NC(N)=O)C(=O)Nc1cccc(F)c1. The maximum atomic E-state index is 12.9. The van der Waals surface area contributed by atoms with E-state index in [1.54, 1.807) is 19.9 Å². The van der Waals surface area contributed by atoms with Crippen LogP contribution in [0.1, 0.15) is 13.8 Å². The molecule has 0 fully saturated rings. The highest BCUT2D eigenvalue weighted by Gasteiger charge is 2.23. The van der Waals surface area contributed by atoms with E-state index in [1.807, 2.05) is 0 Å². The summed E-state index contributed by atoms with van der Waals surface area (Å²) in [6, 6.07) is 3.98. The minimum Gasteiger partial charge on any atom is -0.352 e. The first-order valence-electron chi connectivity index (χ1n) is 5.52. The van der Waals surface area contributed by atoms with E-state index < -0.39 is 23.8 Å². The van der Waals surface area contributed by atoms with E-state index in [0.717, 1.165) is 0 Å². The molecule has 3 amide bonds. The van der Waals surface area contributed by atoms with Crippen LogP contribution in [-0.4, -0.2) is 18.0 Å². The van der Waals surface area contributed by atoms with Crippen molar-refractivity contribution in [3.8, 4) is 0 Å². The Morgan fingerprint density at radius 2 is 2.00 bits per heavy atom. The highest BCUT2D eigenvalue weighted by Crippen LogP contribution is 2.11. The Morgan fingerprint density at radius 1 is 1.33 bits per heavy atom. The van der Waals surface area contributed by atoms with Gasteiger partial charge in [0.05, 0.1) is 0 Å². The average molecular weight is 253 g/mol. The summed E-state index contributed by atoms with van der Waals surface area (Å²) < 4.78 is 12.9. The molecule has 0 aliphatic carbocycles. The lowest BCUT2D eigenvalue weighted by atomic mass is 10.0. The van der Waals surface area contributed by atoms with Gasteiger partial charge in [-0.25, -0.2) is 9.18 Å². The molecule has 0 spiro atoms. The Kier molecular flexibility index (Phi) is 4.65. The summed E-state index contributed by atoms with van der Waals surface area (Å²) in [5.74, 6) is -1.02. The van der Waals surface area contributed by atoms with E-state index in [1.165, 1.54) is 18.2 Å². The summed E-state index contributed by atoms with van der Waals surface area (Å²) in [7, 11) is 0. The topological polar surface area (TPSA) is 84.2 Å². The Balaban J connectivity index is 2.75. The summed E-state index contributed by atoms with van der Waals surface area (Å²) in [4.78, 5) is 22.7. The number of nitrogens with one attached hydrogen (secondary N) is 2. The van der Waals surface area contributed by atoms with Crippen LogP contribution in [0.25, 0.3) is 0 Å². The van der Waals surface area contributed by atoms with Crippen LogP contribution in [0.5, 0.6) is 0 Å². The minimum atomic E-state index is -0.775. The van der Waals surface area contributed by atoms with Crippen molar-refractivity contribution in [2.24, 2.45) is 11.7 Å². The molecule has 0 saturated heterocycles. The van der Waals surface area contributed by atoms with Gasteiger partial charge in [0.25, 0.3) is 0 Å². The van der Waals surface area contributed by atoms with Crippen molar-refractivity contribution < 1.29 is 14.0 Å². The van der Waals surface area contributed by atoms with Crippen molar-refractivity contribution in [1.29, 1.82) is 0 Å². The van der Waals surface area contributed by atoms with Crippen molar-refractivity contribution in [3.63, 3.8) is 0 Å². The highest BCUT2D eigenvalue weighted by molar-refractivity contribution is 5.97. The first-order valence-corrected chi connectivity index (χ1v) is 5.52. The van der Waals surface area contributed by atoms with Crippen LogP contribution in [0.2, 0.25) is 0 Å². The second kappa shape index (κ2) is 6.00. The third-order valence-electron chi connectivity index (χ3n) is 2.34. The number of anilines is 1. The highest BCUT2D eigenvalue weighted by atomic mass is 19.1. The largest absolute Gasteiger partial charge is 0.352 e. The lowest BCUT2D eigenvalue weighted by Gasteiger charge is -2.20. The van der Waals surface area contributed by atoms with Crippen LogP contribution in [0, 0.1) is 11.7 Å². The van der Waals surface area contributed by atoms with E-state index in [2.05, 4.69) is 10.6 Å². The van der Waals surface area contributed by atoms with Crippen LogP contribution < -0.4 is 16.4 Å². The van der Waals surface area contributed by atoms with Gasteiger partial charge in [0, 0.05) is 5.69 Å². The number of primary amides is 1. The average Bonchev–Trinajstić information content (AvgIpc) is 2.25. The normalized spacial score (nSPS) is 12.0. The van der Waals surface area contributed by atoms with Crippen LogP contribution in [0.3, 0.4) is 0 Å². The van der Waals surface area contributed by atoms with Crippen molar-refractivity contribution >= 4 is 17.6 Å². The standard InChI is InChI=1S/C12H16FN3O2/c1-7(2)10(16-12(14)18)11(17)15-9-5-3-4-8(13)6-9/h3-7,10H,1-2H3,(H,15,17)(H3,14,16,18)/t10-/m0/s1. The molecule has 1 rings (SSSR count). The maximum Gasteiger partial charge on any atom is 0.312 e. The number of rotatable bonds is 4. The molecule has 5 nitrogen and oxygen atoms in total. The number of hydrogen-bond acceptors (Lipinski definition) is 2. The summed E-state index contributed by atoms with van der Waals surface area (Å²) in [5.41, 5.74) is 5.33. The number of halogens is 1. The zero-order valence-electron chi connectivity index (χ0n) is 10.2. The summed E-state index contributed by atoms with van der Waals surface area (Å²) in [6.45, 7) is 3.54. The van der Waals surface area contributed by atoms with Crippen LogP contribution >= 0.6 is 0 Å². The first kappa shape index (κ1) is 14.0. The van der Waals surface area contributed by atoms with Crippen LogP contribution in [0.15, 0.2) is 24.3 Å². The molecule has 0 saturated carbocycles. The van der Waals surface area contributed by atoms with Crippen molar-refractivity contribution in [2.75, 3.05) is 5.32 Å². The summed E-state index contributed by atoms with van der Waals surface area (Å²) in [6.07, 6.45) is 0. The fourth-order valence-electron chi connectivity index (χ4n) is 1.47. The van der Waals surface area contributed by atoms with Gasteiger partial charge < -0.3 is 16.4 Å². The molecule has 0 aliphatic heterocycles. The smallest absolute Gasteiger partial charge is 0.312 e. The number of benzene rings is 1. The molecule has 0 aromatic heterocycles. The molecule has 6 heteroatoms. The van der Waals surface area contributed by atoms with Crippen molar-refractivity contribution in [2.45, 2.75) is 19.9 Å². The number of urea groups is 1. The van der Waals surface area contributed by atoms with Gasteiger partial charge >= 0.3 is 6.03 Å². The molecule has 0 bridgehead atoms. The Labute approximate surface area is 105 Å². The minimum absolute atomic E-state index is 0.133. The van der Waals surface area contributed by atoms with E-state index in [9.17, 15) is 14.0 Å². The zero-order valence-corrected chi connectivity index (χ0v) is 10.2. The Morgan fingerprint density at radius 3 is 2.50 bits per heavy atom. The van der Waals surface area contributed by atoms with E-state index >= 15 is 0 Å². The Hall–Kier alpha value is -2.11. The van der Waals surface area contributed by atoms with E-state index in [-0.39, 0.29) is 5.92 Å². The summed E-state index contributed by atoms with van der Waals surface area (Å²) >= 11 is 0. The maximum absolute atomic E-state index is 12.9. The van der Waals surface area contributed by atoms with Crippen molar-refractivity contribution in [1.82, 2.24) is 5.32 Å². The van der Waals surface area contributed by atoms with Gasteiger partial charge in [-0.3, -0.25) is 4.79 Å². The molecule has 0 heterocycles. The molecule has 98 valence electrons. The van der Waals surface area contributed by atoms with Gasteiger partial charge in [0.2, 0.25) is 5.91 Å². The van der Waals surface area contributed by atoms with Gasteiger partial charge in [-0.15, -0.1) is 0 Å². The van der Waals surface area contributed by atoms with Gasteiger partial charge in [0.15, 0.2) is 0 Å². The molecular formula is C12H16FN3O2. The number of hydrogen-bond donors (Lipinski definition) is 3. The monoisotopic (exact) mass is 253 g/mol. The van der Waals surface area contributed by atoms with Crippen LogP contribution in [0.4, 0.5) is 14.9 Å². The first-order chi connectivity index (χ1) is 8.40. The molecule has 1 atom stereocenters. The molecule has 18 heavy (non-hydrogen) atoms. The number of carbonyl (C=O) groups is 2. The molecule has 1 aromatic carbocycles. The number of nitrogens with two attached hydrogens (primary N) is 1. The number of amides is 3. The molecule has 0 aliphatic rings. The Bertz CT molecular complexity index is 449. The summed E-state index contributed by atoms with van der Waals surface area (Å²) in [5, 5.41) is 4.87. The van der Waals surface area contributed by atoms with Crippen molar-refractivity contribution in [3.05, 3.63) is 30.1 Å². The van der Waals surface area contributed by atoms with Gasteiger partial charge in [-0.05, 0) is 24.1 Å². The zero-order chi connectivity index (χ0) is 13.7. The molecule has 1 aromatic rings. The van der Waals surface area contributed by atoms with Gasteiger partial charge in [-0.1, -0.05) is 19.9 Å². The predicted molar refractivity (Wildman–Crippen MR) is 66.4 cm³/mol. The van der Waals surface area contributed by atoms with Crippen LogP contribution in [-0.2, 0) is 4.79 Å². The predicted octanol–water partition coefficient (Wildman–Crippen LogP) is 1.46. The second-order valence-electron chi connectivity index (χ2n) is 4.23. The van der Waals surface area contributed by atoms with E-state index in [0.29, 0.717) is 5.69 Å². The molecular weight excluding hydrogens is 237 g/mol. The molecule has 4 N–H and O–H groups in total. The third kappa shape index (κ3) is 4.04. The van der Waals surface area contributed by atoms with Gasteiger partial charge in [0.1, 0.15) is 11.9 Å². The molecule has 0 radical (unpaired) electrons. The third-order valence-corrected chi connectivity index (χ3v) is 2.34. The van der Waals surface area contributed by atoms with Gasteiger partial charge in [-0.2, -0.15) is 0 Å². The molecule has 0 unspecified atom stereocenters. The quantitative estimate of drug-likeness (QED) is 0.759. The second-order valence-corrected chi connectivity index (χ2v) is 4.23. The fraction of sp³-hybridized carbons (Fsp3) is 0.333. The lowest BCUT2D eigenvalue weighted by molar-refractivity contribution is -0.118.